The third-order valence-electron chi connectivity index (χ3n) is 0.919. The fraction of sp³-hybridized carbons (Fsp3) is 0.667. The summed E-state index contributed by atoms with van der Waals surface area (Å²) in [5.41, 5.74) is 0. The van der Waals surface area contributed by atoms with Crippen molar-refractivity contribution in [2.24, 2.45) is 0 Å². The number of unbranched alkanes of at least 4 members (excludes halogenated alkanes) is 2. The number of hydrogen-bond acceptors (Lipinski definition) is 2. The van der Waals surface area contributed by atoms with Gasteiger partial charge in [-0.05, 0) is 12.8 Å². The first-order valence-electron chi connectivity index (χ1n) is 2.84. The van der Waals surface area contributed by atoms with E-state index < -0.39 is 5.97 Å². The first-order chi connectivity index (χ1) is 4.27. The minimum atomic E-state index is -0.805. The smallest absolute Gasteiger partial charge is 0.303 e. The Hall–Kier alpha value is -0.860. The zero-order valence-electron chi connectivity index (χ0n) is 5.09. The van der Waals surface area contributed by atoms with Gasteiger partial charge in [0, 0.05) is 12.8 Å². The molecule has 0 heterocycles. The maximum atomic E-state index is 9.86. The van der Waals surface area contributed by atoms with Crippen LogP contribution in [0, 0.1) is 0 Å². The minimum absolute atomic E-state index is 0.154. The summed E-state index contributed by atoms with van der Waals surface area (Å²) in [5.74, 6) is -0.805. The van der Waals surface area contributed by atoms with Crippen molar-refractivity contribution in [3.8, 4) is 0 Å². The van der Waals surface area contributed by atoms with Gasteiger partial charge in [0.05, 0.1) is 0 Å². The highest BCUT2D eigenvalue weighted by Gasteiger charge is 1.94. The Morgan fingerprint density at radius 1 is 1.44 bits per heavy atom. The molecular formula is C6H9O3. The van der Waals surface area contributed by atoms with E-state index in [4.69, 9.17) is 5.11 Å². The molecule has 0 rings (SSSR count). The SMILES string of the molecule is O=[C]CCCCC(=O)O. The van der Waals surface area contributed by atoms with Crippen LogP contribution in [-0.4, -0.2) is 17.4 Å². The normalized spacial score (nSPS) is 8.89. The third-order valence-corrected chi connectivity index (χ3v) is 0.919. The van der Waals surface area contributed by atoms with Crippen molar-refractivity contribution in [1.82, 2.24) is 0 Å². The second-order valence-electron chi connectivity index (χ2n) is 1.75. The summed E-state index contributed by atoms with van der Waals surface area (Å²) in [6.45, 7) is 0. The molecule has 9 heavy (non-hydrogen) atoms. The quantitative estimate of drug-likeness (QED) is 0.557. The van der Waals surface area contributed by atoms with Crippen molar-refractivity contribution in [2.45, 2.75) is 25.7 Å². The molecule has 0 amide bonds. The number of carboxylic acid groups (broad SMARTS) is 1. The van der Waals surface area contributed by atoms with Crippen LogP contribution in [0.15, 0.2) is 0 Å². The fourth-order valence-electron chi connectivity index (χ4n) is 0.473. The van der Waals surface area contributed by atoms with E-state index in [9.17, 15) is 9.59 Å². The molecule has 0 bridgehead atoms. The van der Waals surface area contributed by atoms with Gasteiger partial charge in [-0.2, -0.15) is 0 Å². The monoisotopic (exact) mass is 129 g/mol. The van der Waals surface area contributed by atoms with Crippen molar-refractivity contribution >= 4 is 12.3 Å². The summed E-state index contributed by atoms with van der Waals surface area (Å²) in [5, 5.41) is 8.11. The minimum Gasteiger partial charge on any atom is -0.481 e. The number of rotatable bonds is 5. The molecule has 0 aliphatic rings. The van der Waals surface area contributed by atoms with Gasteiger partial charge in [0.1, 0.15) is 0 Å². The maximum absolute atomic E-state index is 9.86. The Balaban J connectivity index is 2.91. The third kappa shape index (κ3) is 7.14. The van der Waals surface area contributed by atoms with Crippen molar-refractivity contribution in [1.29, 1.82) is 0 Å². The van der Waals surface area contributed by atoms with Gasteiger partial charge in [-0.15, -0.1) is 0 Å². The number of carboxylic acids is 1. The van der Waals surface area contributed by atoms with Gasteiger partial charge in [-0.1, -0.05) is 0 Å². The van der Waals surface area contributed by atoms with Crippen LogP contribution in [0.2, 0.25) is 0 Å². The molecule has 3 heteroatoms. The van der Waals surface area contributed by atoms with Gasteiger partial charge in [0.2, 0.25) is 0 Å². The lowest BCUT2D eigenvalue weighted by Gasteiger charge is -1.89. The summed E-state index contributed by atoms with van der Waals surface area (Å²) < 4.78 is 0. The standard InChI is InChI=1S/C6H9O3/c7-5-3-1-2-4-6(8)9/h1-4H2,(H,8,9). The van der Waals surface area contributed by atoms with Gasteiger partial charge < -0.3 is 5.11 Å². The summed E-state index contributed by atoms with van der Waals surface area (Å²) in [6, 6.07) is 0. The molecule has 0 saturated carbocycles. The van der Waals surface area contributed by atoms with Crippen LogP contribution in [0.5, 0.6) is 0 Å². The molecule has 0 fully saturated rings. The number of hydrogen-bond donors (Lipinski definition) is 1. The van der Waals surface area contributed by atoms with Crippen molar-refractivity contribution < 1.29 is 14.7 Å². The molecule has 1 N–H and O–H groups in total. The van der Waals surface area contributed by atoms with E-state index in [2.05, 4.69) is 0 Å². The zero-order chi connectivity index (χ0) is 7.11. The number of aliphatic carboxylic acids is 1. The average Bonchev–Trinajstić information content (AvgIpc) is 1.80. The average molecular weight is 129 g/mol. The Morgan fingerprint density at radius 3 is 2.56 bits per heavy atom. The van der Waals surface area contributed by atoms with Crippen LogP contribution in [0.25, 0.3) is 0 Å². The Kier molecular flexibility index (Phi) is 4.78. The van der Waals surface area contributed by atoms with Gasteiger partial charge >= 0.3 is 5.97 Å². The molecule has 0 spiro atoms. The van der Waals surface area contributed by atoms with Crippen molar-refractivity contribution in [3.05, 3.63) is 0 Å². The first kappa shape index (κ1) is 8.14. The van der Waals surface area contributed by atoms with Crippen LogP contribution >= 0.6 is 0 Å². The Morgan fingerprint density at radius 2 is 2.11 bits per heavy atom. The molecule has 0 atom stereocenters. The van der Waals surface area contributed by atoms with E-state index in [1.165, 1.54) is 0 Å². The first-order valence-corrected chi connectivity index (χ1v) is 2.84. The molecule has 0 aromatic rings. The van der Waals surface area contributed by atoms with Crippen LogP contribution in [0.4, 0.5) is 0 Å². The van der Waals surface area contributed by atoms with E-state index in [-0.39, 0.29) is 6.42 Å². The molecule has 0 aliphatic heterocycles. The van der Waals surface area contributed by atoms with E-state index >= 15 is 0 Å². The van der Waals surface area contributed by atoms with Crippen LogP contribution in [0.3, 0.4) is 0 Å². The molecular weight excluding hydrogens is 120 g/mol. The van der Waals surface area contributed by atoms with E-state index in [0.717, 1.165) is 0 Å². The summed E-state index contributed by atoms with van der Waals surface area (Å²) >= 11 is 0. The van der Waals surface area contributed by atoms with E-state index in [1.54, 1.807) is 6.29 Å². The second-order valence-corrected chi connectivity index (χ2v) is 1.75. The Bertz CT molecular complexity index is 98.5. The van der Waals surface area contributed by atoms with Gasteiger partial charge in [-0.25, -0.2) is 0 Å². The fourth-order valence-corrected chi connectivity index (χ4v) is 0.473. The lowest BCUT2D eigenvalue weighted by atomic mass is 10.2. The zero-order valence-corrected chi connectivity index (χ0v) is 5.09. The second kappa shape index (κ2) is 5.28. The Labute approximate surface area is 53.7 Å². The maximum Gasteiger partial charge on any atom is 0.303 e. The summed E-state index contributed by atoms with van der Waals surface area (Å²) in [6.07, 6.45) is 3.42. The highest BCUT2D eigenvalue weighted by Crippen LogP contribution is 1.96. The molecule has 1 radical (unpaired) electrons. The molecule has 0 aromatic carbocycles. The van der Waals surface area contributed by atoms with Gasteiger partial charge in [-0.3, -0.25) is 9.59 Å². The van der Waals surface area contributed by atoms with Gasteiger partial charge in [0.25, 0.3) is 0 Å². The van der Waals surface area contributed by atoms with E-state index in [1.807, 2.05) is 0 Å². The lowest BCUT2D eigenvalue weighted by molar-refractivity contribution is -0.137. The predicted molar refractivity (Wildman–Crippen MR) is 31.8 cm³/mol. The van der Waals surface area contributed by atoms with Crippen LogP contribution in [-0.2, 0) is 9.59 Å². The molecule has 0 aliphatic carbocycles. The van der Waals surface area contributed by atoms with E-state index in [0.29, 0.717) is 19.3 Å². The summed E-state index contributed by atoms with van der Waals surface area (Å²) in [4.78, 5) is 19.4. The highest BCUT2D eigenvalue weighted by atomic mass is 16.4. The lowest BCUT2D eigenvalue weighted by Crippen LogP contribution is -1.93. The van der Waals surface area contributed by atoms with Crippen molar-refractivity contribution in [2.75, 3.05) is 0 Å². The van der Waals surface area contributed by atoms with Crippen LogP contribution in [0.1, 0.15) is 25.7 Å². The molecule has 3 nitrogen and oxygen atoms in total. The topological polar surface area (TPSA) is 54.4 Å². The number of carbonyl (C=O) groups excluding carboxylic acids is 1. The largest absolute Gasteiger partial charge is 0.481 e. The highest BCUT2D eigenvalue weighted by molar-refractivity contribution is 5.66. The van der Waals surface area contributed by atoms with Gasteiger partial charge in [0.15, 0.2) is 6.29 Å². The molecule has 0 saturated heterocycles. The number of carbonyl (C=O) groups is 1. The summed E-state index contributed by atoms with van der Waals surface area (Å²) in [7, 11) is 0. The van der Waals surface area contributed by atoms with Crippen molar-refractivity contribution in [3.63, 3.8) is 0 Å². The van der Waals surface area contributed by atoms with Crippen LogP contribution < -0.4 is 0 Å². The molecule has 0 aromatic heterocycles. The molecule has 51 valence electrons. The predicted octanol–water partition coefficient (Wildman–Crippen LogP) is 0.741. The molecule has 0 unspecified atom stereocenters.